The number of hydrogen-bond acceptors (Lipinski definition) is 6. The van der Waals surface area contributed by atoms with Crippen LogP contribution >= 0.6 is 0 Å². The van der Waals surface area contributed by atoms with Crippen LogP contribution in [0.1, 0.15) is 13.3 Å². The first-order valence-corrected chi connectivity index (χ1v) is 4.96. The summed E-state index contributed by atoms with van der Waals surface area (Å²) in [7, 11) is 0. The minimum absolute atomic E-state index is 0.179. The van der Waals surface area contributed by atoms with Crippen LogP contribution in [-0.2, 0) is 0 Å². The molecule has 84 valence electrons. The van der Waals surface area contributed by atoms with E-state index < -0.39 is 0 Å². The second-order valence-corrected chi connectivity index (χ2v) is 3.06. The lowest BCUT2D eigenvalue weighted by Crippen LogP contribution is -2.26. The van der Waals surface area contributed by atoms with E-state index in [0.717, 1.165) is 25.3 Å². The molecule has 0 unspecified atom stereocenters. The fourth-order valence-corrected chi connectivity index (χ4v) is 1.27. The summed E-state index contributed by atoms with van der Waals surface area (Å²) in [6.45, 7) is 3.79. The molecular weight excluding hydrogens is 194 g/mol. The Morgan fingerprint density at radius 2 is 2.33 bits per heavy atom. The van der Waals surface area contributed by atoms with Crippen molar-refractivity contribution in [3.63, 3.8) is 0 Å². The van der Waals surface area contributed by atoms with E-state index >= 15 is 0 Å². The molecule has 0 spiro atoms. The number of aliphatic hydroxyl groups is 1. The summed E-state index contributed by atoms with van der Waals surface area (Å²) in [4.78, 5) is 10.3. The lowest BCUT2D eigenvalue weighted by molar-refractivity contribution is 0.289. The first-order chi connectivity index (χ1) is 7.31. The standard InChI is InChI=1S/C9H17N5O/c1-2-14(4-3-5-15)9-7-11-6-8(12-9)13-10/h6-7,15H,2-5,10H2,1H3,(H,12,13). The zero-order chi connectivity index (χ0) is 11.1. The molecule has 0 saturated heterocycles. The van der Waals surface area contributed by atoms with Gasteiger partial charge in [0.15, 0.2) is 5.82 Å². The van der Waals surface area contributed by atoms with Gasteiger partial charge in [-0.3, -0.25) is 4.98 Å². The number of nitrogens with zero attached hydrogens (tertiary/aromatic N) is 3. The average Bonchev–Trinajstić information content (AvgIpc) is 2.30. The molecule has 0 saturated carbocycles. The van der Waals surface area contributed by atoms with Crippen molar-refractivity contribution >= 4 is 11.6 Å². The summed E-state index contributed by atoms with van der Waals surface area (Å²) < 4.78 is 0. The van der Waals surface area contributed by atoms with Gasteiger partial charge in [-0.05, 0) is 13.3 Å². The smallest absolute Gasteiger partial charge is 0.160 e. The Morgan fingerprint density at radius 1 is 1.53 bits per heavy atom. The molecule has 6 heteroatoms. The number of aromatic nitrogens is 2. The molecule has 0 aliphatic carbocycles. The topological polar surface area (TPSA) is 87.3 Å². The molecule has 0 aromatic carbocycles. The van der Waals surface area contributed by atoms with Gasteiger partial charge in [-0.15, -0.1) is 0 Å². The van der Waals surface area contributed by atoms with Crippen LogP contribution < -0.4 is 16.2 Å². The van der Waals surface area contributed by atoms with Gasteiger partial charge in [-0.25, -0.2) is 10.8 Å². The number of anilines is 2. The van der Waals surface area contributed by atoms with Crippen LogP contribution in [0.15, 0.2) is 12.4 Å². The van der Waals surface area contributed by atoms with E-state index in [9.17, 15) is 0 Å². The minimum Gasteiger partial charge on any atom is -0.396 e. The number of hydrogen-bond donors (Lipinski definition) is 3. The number of nitrogens with one attached hydrogen (secondary N) is 1. The Morgan fingerprint density at radius 3 is 2.93 bits per heavy atom. The van der Waals surface area contributed by atoms with E-state index in [1.807, 2.05) is 11.8 Å². The molecule has 1 rings (SSSR count). The number of rotatable bonds is 6. The number of hydrazine groups is 1. The van der Waals surface area contributed by atoms with Gasteiger partial charge < -0.3 is 15.4 Å². The Hall–Kier alpha value is -1.40. The van der Waals surface area contributed by atoms with Gasteiger partial charge in [0.1, 0.15) is 5.82 Å². The highest BCUT2D eigenvalue weighted by Crippen LogP contribution is 2.11. The first kappa shape index (κ1) is 11.7. The minimum atomic E-state index is 0.179. The van der Waals surface area contributed by atoms with Crippen LogP contribution in [0.25, 0.3) is 0 Å². The normalized spacial score (nSPS) is 10.1. The van der Waals surface area contributed by atoms with Crippen LogP contribution in [-0.4, -0.2) is 34.8 Å². The number of nitrogen functional groups attached to an aromatic ring is 1. The van der Waals surface area contributed by atoms with Crippen molar-refractivity contribution in [1.29, 1.82) is 0 Å². The maximum Gasteiger partial charge on any atom is 0.160 e. The van der Waals surface area contributed by atoms with Crippen molar-refractivity contribution in [2.75, 3.05) is 30.0 Å². The third kappa shape index (κ3) is 3.34. The van der Waals surface area contributed by atoms with Crippen molar-refractivity contribution in [3.05, 3.63) is 12.4 Å². The quantitative estimate of drug-likeness (QED) is 0.452. The zero-order valence-electron chi connectivity index (χ0n) is 8.85. The van der Waals surface area contributed by atoms with Gasteiger partial charge in [-0.1, -0.05) is 0 Å². The molecule has 0 aliphatic heterocycles. The van der Waals surface area contributed by atoms with E-state index in [1.54, 1.807) is 12.4 Å². The molecule has 0 atom stereocenters. The average molecular weight is 211 g/mol. The van der Waals surface area contributed by atoms with Crippen molar-refractivity contribution in [2.45, 2.75) is 13.3 Å². The van der Waals surface area contributed by atoms with Gasteiger partial charge in [0.25, 0.3) is 0 Å². The van der Waals surface area contributed by atoms with Crippen LogP contribution in [0.4, 0.5) is 11.6 Å². The molecule has 1 heterocycles. The molecule has 1 aromatic rings. The van der Waals surface area contributed by atoms with E-state index in [-0.39, 0.29) is 6.61 Å². The summed E-state index contributed by atoms with van der Waals surface area (Å²) in [6, 6.07) is 0. The van der Waals surface area contributed by atoms with Gasteiger partial charge >= 0.3 is 0 Å². The summed E-state index contributed by atoms with van der Waals surface area (Å²) >= 11 is 0. The molecule has 4 N–H and O–H groups in total. The molecule has 0 radical (unpaired) electrons. The largest absolute Gasteiger partial charge is 0.396 e. The van der Waals surface area contributed by atoms with Gasteiger partial charge in [0.2, 0.25) is 0 Å². The van der Waals surface area contributed by atoms with E-state index in [2.05, 4.69) is 15.4 Å². The van der Waals surface area contributed by atoms with E-state index in [0.29, 0.717) is 5.82 Å². The predicted molar refractivity (Wildman–Crippen MR) is 59.4 cm³/mol. The zero-order valence-corrected chi connectivity index (χ0v) is 8.85. The van der Waals surface area contributed by atoms with Crippen LogP contribution in [0.3, 0.4) is 0 Å². The van der Waals surface area contributed by atoms with Crippen LogP contribution in [0.5, 0.6) is 0 Å². The summed E-state index contributed by atoms with van der Waals surface area (Å²) in [5.41, 5.74) is 2.45. The lowest BCUT2D eigenvalue weighted by atomic mass is 10.4. The number of nitrogens with two attached hydrogens (primary N) is 1. The predicted octanol–water partition coefficient (Wildman–Crippen LogP) is -0.0291. The van der Waals surface area contributed by atoms with Crippen molar-refractivity contribution in [1.82, 2.24) is 9.97 Å². The highest BCUT2D eigenvalue weighted by molar-refractivity contribution is 5.42. The highest BCUT2D eigenvalue weighted by Gasteiger charge is 2.06. The maximum atomic E-state index is 8.76. The van der Waals surface area contributed by atoms with Crippen molar-refractivity contribution in [3.8, 4) is 0 Å². The van der Waals surface area contributed by atoms with Gasteiger partial charge in [-0.2, -0.15) is 0 Å². The van der Waals surface area contributed by atoms with Crippen molar-refractivity contribution in [2.24, 2.45) is 5.84 Å². The molecule has 6 nitrogen and oxygen atoms in total. The Bertz CT molecular complexity index is 294. The molecular formula is C9H17N5O. The Kier molecular flexibility index (Phi) is 4.79. The molecule has 0 amide bonds. The van der Waals surface area contributed by atoms with Gasteiger partial charge in [0.05, 0.1) is 12.4 Å². The monoisotopic (exact) mass is 211 g/mol. The molecule has 0 aliphatic rings. The Balaban J connectivity index is 2.72. The van der Waals surface area contributed by atoms with E-state index in [1.165, 1.54) is 0 Å². The first-order valence-electron chi connectivity index (χ1n) is 4.96. The fraction of sp³-hybridized carbons (Fsp3) is 0.556. The summed E-state index contributed by atoms with van der Waals surface area (Å²) in [5.74, 6) is 6.55. The van der Waals surface area contributed by atoms with Crippen LogP contribution in [0, 0.1) is 0 Å². The SMILES string of the molecule is CCN(CCCO)c1cncc(NN)n1. The number of aliphatic hydroxyl groups excluding tert-OH is 1. The van der Waals surface area contributed by atoms with Crippen LogP contribution in [0.2, 0.25) is 0 Å². The maximum absolute atomic E-state index is 8.76. The second kappa shape index (κ2) is 6.15. The van der Waals surface area contributed by atoms with Gasteiger partial charge in [0, 0.05) is 19.7 Å². The third-order valence-corrected chi connectivity index (χ3v) is 2.06. The van der Waals surface area contributed by atoms with E-state index in [4.69, 9.17) is 10.9 Å². The lowest BCUT2D eigenvalue weighted by Gasteiger charge is -2.21. The molecule has 0 bridgehead atoms. The summed E-state index contributed by atoms with van der Waals surface area (Å²) in [5, 5.41) is 8.76. The fourth-order valence-electron chi connectivity index (χ4n) is 1.27. The Labute approximate surface area is 89.1 Å². The highest BCUT2D eigenvalue weighted by atomic mass is 16.3. The molecule has 1 aromatic heterocycles. The molecule has 0 fully saturated rings. The second-order valence-electron chi connectivity index (χ2n) is 3.06. The third-order valence-electron chi connectivity index (χ3n) is 2.06. The van der Waals surface area contributed by atoms with Crippen molar-refractivity contribution < 1.29 is 5.11 Å². The summed E-state index contributed by atoms with van der Waals surface area (Å²) in [6.07, 6.45) is 3.96. The molecule has 15 heavy (non-hydrogen) atoms.